The first-order valence-electron chi connectivity index (χ1n) is 6.95. The third-order valence-corrected chi connectivity index (χ3v) is 3.28. The average Bonchev–Trinajstić information content (AvgIpc) is 2.90. The number of aryl methyl sites for hydroxylation is 1. The number of hydrogen-bond acceptors (Lipinski definition) is 4. The molecule has 2 rings (SSSR count). The van der Waals surface area contributed by atoms with Gasteiger partial charge in [0.2, 0.25) is 0 Å². The summed E-state index contributed by atoms with van der Waals surface area (Å²) >= 11 is 0. The molecule has 0 aliphatic heterocycles. The molecule has 6 nitrogen and oxygen atoms in total. The Labute approximate surface area is 123 Å². The second-order valence-electron chi connectivity index (χ2n) is 5.26. The second-order valence-corrected chi connectivity index (χ2v) is 5.26. The van der Waals surface area contributed by atoms with Crippen molar-refractivity contribution < 1.29 is 9.90 Å². The Kier molecular flexibility index (Phi) is 4.57. The second kappa shape index (κ2) is 6.39. The van der Waals surface area contributed by atoms with E-state index in [0.29, 0.717) is 24.2 Å². The van der Waals surface area contributed by atoms with Crippen molar-refractivity contribution in [2.24, 2.45) is 0 Å². The van der Waals surface area contributed by atoms with Gasteiger partial charge in [0.05, 0.1) is 5.56 Å². The predicted octanol–water partition coefficient (Wildman–Crippen LogP) is 1.85. The number of nitrogens with zero attached hydrogens (tertiary/aromatic N) is 3. The van der Waals surface area contributed by atoms with Crippen LogP contribution in [0.4, 0.5) is 0 Å². The maximum absolute atomic E-state index is 12.1. The summed E-state index contributed by atoms with van der Waals surface area (Å²) in [6.45, 7) is 6.90. The zero-order valence-corrected chi connectivity index (χ0v) is 12.5. The van der Waals surface area contributed by atoms with Crippen molar-refractivity contribution in [3.8, 4) is 5.75 Å². The molecule has 0 bridgehead atoms. The van der Waals surface area contributed by atoms with E-state index in [0.717, 1.165) is 5.82 Å². The molecule has 1 amide bonds. The van der Waals surface area contributed by atoms with E-state index >= 15 is 0 Å². The molecular weight excluding hydrogens is 268 g/mol. The van der Waals surface area contributed by atoms with Gasteiger partial charge in [0.1, 0.15) is 17.9 Å². The molecule has 0 saturated heterocycles. The van der Waals surface area contributed by atoms with E-state index in [1.807, 2.05) is 18.4 Å². The fourth-order valence-corrected chi connectivity index (χ4v) is 2.11. The molecule has 112 valence electrons. The molecule has 1 aromatic carbocycles. The minimum atomic E-state index is -0.282. The summed E-state index contributed by atoms with van der Waals surface area (Å²) in [5, 5.41) is 20.6. The highest BCUT2D eigenvalue weighted by atomic mass is 16.3. The van der Waals surface area contributed by atoms with Crippen LogP contribution >= 0.6 is 0 Å². The van der Waals surface area contributed by atoms with Gasteiger partial charge in [-0.15, -0.1) is 10.2 Å². The number of nitrogens with one attached hydrogen (secondary N) is 1. The van der Waals surface area contributed by atoms with Gasteiger partial charge in [0.15, 0.2) is 0 Å². The summed E-state index contributed by atoms with van der Waals surface area (Å²) in [4.78, 5) is 12.1. The molecule has 0 saturated carbocycles. The van der Waals surface area contributed by atoms with E-state index < -0.39 is 0 Å². The van der Waals surface area contributed by atoms with Gasteiger partial charge in [-0.05, 0) is 18.6 Å². The van der Waals surface area contributed by atoms with E-state index in [-0.39, 0.29) is 17.6 Å². The Morgan fingerprint density at radius 3 is 2.90 bits per heavy atom. The Bertz CT molecular complexity index is 634. The van der Waals surface area contributed by atoms with Gasteiger partial charge in [-0.1, -0.05) is 26.0 Å². The van der Waals surface area contributed by atoms with Crippen LogP contribution in [0.1, 0.15) is 41.5 Å². The lowest BCUT2D eigenvalue weighted by molar-refractivity contribution is 0.0949. The van der Waals surface area contributed by atoms with Gasteiger partial charge < -0.3 is 15.0 Å². The van der Waals surface area contributed by atoms with Crippen LogP contribution in [-0.2, 0) is 6.54 Å². The highest BCUT2D eigenvalue weighted by Gasteiger charge is 2.12. The number of amides is 1. The molecule has 0 unspecified atom stereocenters. The molecule has 1 aromatic heterocycles. The molecular formula is C15H20N4O2. The normalized spacial score (nSPS) is 10.9. The minimum Gasteiger partial charge on any atom is -0.507 e. The van der Waals surface area contributed by atoms with Crippen molar-refractivity contribution in [3.05, 3.63) is 41.5 Å². The fraction of sp³-hybridized carbons (Fsp3) is 0.400. The zero-order valence-electron chi connectivity index (χ0n) is 12.5. The van der Waals surface area contributed by atoms with E-state index in [1.54, 1.807) is 31.5 Å². The van der Waals surface area contributed by atoms with E-state index in [4.69, 9.17) is 0 Å². The molecule has 0 aliphatic carbocycles. The van der Waals surface area contributed by atoms with Crippen LogP contribution in [0.2, 0.25) is 0 Å². The van der Waals surface area contributed by atoms with Gasteiger partial charge >= 0.3 is 0 Å². The molecule has 0 fully saturated rings. The Balaban J connectivity index is 1.96. The maximum Gasteiger partial charge on any atom is 0.255 e. The molecule has 2 N–H and O–H groups in total. The van der Waals surface area contributed by atoms with Crippen LogP contribution in [0.25, 0.3) is 0 Å². The molecule has 0 spiro atoms. The van der Waals surface area contributed by atoms with Crippen LogP contribution in [0.3, 0.4) is 0 Å². The van der Waals surface area contributed by atoms with Crippen molar-refractivity contribution in [1.82, 2.24) is 20.1 Å². The topological polar surface area (TPSA) is 80.0 Å². The van der Waals surface area contributed by atoms with Crippen LogP contribution in [-0.4, -0.2) is 32.3 Å². The number of aromatic hydroxyl groups is 1. The Hall–Kier alpha value is -2.37. The fourth-order valence-electron chi connectivity index (χ4n) is 2.11. The number of phenolic OH excluding ortho intramolecular Hbond substituents is 1. The van der Waals surface area contributed by atoms with Crippen LogP contribution in [0, 0.1) is 6.92 Å². The summed E-state index contributed by atoms with van der Waals surface area (Å²) in [5.41, 5.74) is 0.978. The number of carbonyl (C=O) groups is 1. The lowest BCUT2D eigenvalue weighted by Crippen LogP contribution is -2.27. The van der Waals surface area contributed by atoms with E-state index in [2.05, 4.69) is 15.5 Å². The summed E-state index contributed by atoms with van der Waals surface area (Å²) in [6.07, 6.45) is 1.66. The van der Waals surface area contributed by atoms with Gasteiger partial charge in [-0.2, -0.15) is 0 Å². The van der Waals surface area contributed by atoms with Gasteiger partial charge in [-0.25, -0.2) is 0 Å². The molecule has 21 heavy (non-hydrogen) atoms. The van der Waals surface area contributed by atoms with Crippen LogP contribution in [0.15, 0.2) is 24.5 Å². The van der Waals surface area contributed by atoms with Crippen molar-refractivity contribution in [2.75, 3.05) is 6.54 Å². The molecule has 0 radical (unpaired) electrons. The summed E-state index contributed by atoms with van der Waals surface area (Å²) in [6, 6.07) is 5.12. The summed E-state index contributed by atoms with van der Waals surface area (Å²) in [7, 11) is 0. The lowest BCUT2D eigenvalue weighted by atomic mass is 10.1. The lowest BCUT2D eigenvalue weighted by Gasteiger charge is -2.11. The van der Waals surface area contributed by atoms with E-state index in [9.17, 15) is 9.90 Å². The van der Waals surface area contributed by atoms with Gasteiger partial charge in [-0.3, -0.25) is 4.79 Å². The Morgan fingerprint density at radius 1 is 1.43 bits per heavy atom. The number of aromatic nitrogens is 3. The van der Waals surface area contributed by atoms with Gasteiger partial charge in [0, 0.05) is 19.0 Å². The SMILES string of the molecule is Cc1cccc(C(=O)NCCn2cnnc2C(C)C)c1O. The standard InChI is InChI=1S/C15H20N4O2/c1-10(2)14-18-17-9-19(14)8-7-16-15(21)12-6-4-5-11(3)13(12)20/h4-6,9-10,20H,7-8H2,1-3H3,(H,16,21). The van der Waals surface area contributed by atoms with Crippen molar-refractivity contribution in [3.63, 3.8) is 0 Å². The predicted molar refractivity (Wildman–Crippen MR) is 79.3 cm³/mol. The van der Waals surface area contributed by atoms with Crippen LogP contribution in [0.5, 0.6) is 5.75 Å². The average molecular weight is 288 g/mol. The molecule has 1 heterocycles. The highest BCUT2D eigenvalue weighted by molar-refractivity contribution is 5.97. The first kappa shape index (κ1) is 15.0. The maximum atomic E-state index is 12.1. The monoisotopic (exact) mass is 288 g/mol. The Morgan fingerprint density at radius 2 is 2.19 bits per heavy atom. The van der Waals surface area contributed by atoms with E-state index in [1.165, 1.54) is 0 Å². The number of para-hydroxylation sites is 1. The first-order chi connectivity index (χ1) is 10.0. The summed E-state index contributed by atoms with van der Waals surface area (Å²) in [5.74, 6) is 0.921. The third-order valence-electron chi connectivity index (χ3n) is 3.28. The molecule has 6 heteroatoms. The van der Waals surface area contributed by atoms with Crippen molar-refractivity contribution in [2.45, 2.75) is 33.2 Å². The molecule has 0 atom stereocenters. The first-order valence-corrected chi connectivity index (χ1v) is 6.95. The smallest absolute Gasteiger partial charge is 0.255 e. The zero-order chi connectivity index (χ0) is 15.4. The quantitative estimate of drug-likeness (QED) is 0.880. The minimum absolute atomic E-state index is 0.0298. The van der Waals surface area contributed by atoms with Crippen molar-refractivity contribution in [1.29, 1.82) is 0 Å². The third kappa shape index (κ3) is 3.39. The highest BCUT2D eigenvalue weighted by Crippen LogP contribution is 2.21. The largest absolute Gasteiger partial charge is 0.507 e. The molecule has 2 aromatic rings. The summed E-state index contributed by atoms with van der Waals surface area (Å²) < 4.78 is 1.92. The number of phenols is 1. The number of benzene rings is 1. The number of rotatable bonds is 5. The number of hydrogen-bond donors (Lipinski definition) is 2. The van der Waals surface area contributed by atoms with Crippen LogP contribution < -0.4 is 5.32 Å². The number of carbonyl (C=O) groups excluding carboxylic acids is 1. The molecule has 0 aliphatic rings. The van der Waals surface area contributed by atoms with Gasteiger partial charge in [0.25, 0.3) is 5.91 Å². The van der Waals surface area contributed by atoms with Crippen molar-refractivity contribution >= 4 is 5.91 Å².